The minimum Gasteiger partial charge on any atom is -0.396 e. The lowest BCUT2D eigenvalue weighted by Gasteiger charge is -2.19. The van der Waals surface area contributed by atoms with Crippen molar-refractivity contribution in [3.8, 4) is 0 Å². The summed E-state index contributed by atoms with van der Waals surface area (Å²) in [6, 6.07) is 6.03. The van der Waals surface area contributed by atoms with Crippen molar-refractivity contribution in [3.63, 3.8) is 0 Å². The molecule has 2 unspecified atom stereocenters. The van der Waals surface area contributed by atoms with E-state index in [1.54, 1.807) is 0 Å². The standard InChI is InChI=1S/C16H22N2O2/c1-9-5-6-14-13(7-9)11(3)15(18-14)16(20)17-12(4)10(2)8-19/h5-7,10,12,18-19H,8H2,1-4H3,(H,17,20). The van der Waals surface area contributed by atoms with Crippen molar-refractivity contribution in [2.45, 2.75) is 33.7 Å². The van der Waals surface area contributed by atoms with Crippen molar-refractivity contribution in [2.75, 3.05) is 6.61 Å². The molecule has 0 saturated carbocycles. The molecule has 4 heteroatoms. The molecule has 0 saturated heterocycles. The number of aromatic nitrogens is 1. The van der Waals surface area contributed by atoms with Crippen LogP contribution in [0.4, 0.5) is 0 Å². The van der Waals surface area contributed by atoms with E-state index >= 15 is 0 Å². The minimum atomic E-state index is -0.121. The van der Waals surface area contributed by atoms with Crippen molar-refractivity contribution in [3.05, 3.63) is 35.0 Å². The zero-order valence-corrected chi connectivity index (χ0v) is 12.4. The Labute approximate surface area is 119 Å². The Balaban J connectivity index is 2.29. The Bertz CT molecular complexity index is 631. The quantitative estimate of drug-likeness (QED) is 0.802. The lowest BCUT2D eigenvalue weighted by Crippen LogP contribution is -2.38. The van der Waals surface area contributed by atoms with Crippen LogP contribution in [0.1, 0.15) is 35.5 Å². The first-order valence-electron chi connectivity index (χ1n) is 6.94. The largest absolute Gasteiger partial charge is 0.396 e. The number of aliphatic hydroxyl groups excluding tert-OH is 1. The van der Waals surface area contributed by atoms with Crippen LogP contribution < -0.4 is 5.32 Å². The zero-order chi connectivity index (χ0) is 14.9. The van der Waals surface area contributed by atoms with Gasteiger partial charge < -0.3 is 15.4 Å². The Morgan fingerprint density at radius 1 is 1.35 bits per heavy atom. The fourth-order valence-electron chi connectivity index (χ4n) is 2.25. The predicted octanol–water partition coefficient (Wildman–Crippen LogP) is 2.53. The second-order valence-electron chi connectivity index (χ2n) is 5.60. The number of aryl methyl sites for hydroxylation is 2. The lowest BCUT2D eigenvalue weighted by molar-refractivity contribution is 0.0911. The average Bonchev–Trinajstić information content (AvgIpc) is 2.75. The molecule has 2 aromatic rings. The number of amides is 1. The molecule has 2 rings (SSSR count). The molecule has 0 fully saturated rings. The Morgan fingerprint density at radius 3 is 2.70 bits per heavy atom. The third kappa shape index (κ3) is 2.70. The Kier molecular flexibility index (Phi) is 4.14. The van der Waals surface area contributed by atoms with E-state index in [-0.39, 0.29) is 24.5 Å². The van der Waals surface area contributed by atoms with E-state index < -0.39 is 0 Å². The van der Waals surface area contributed by atoms with Crippen molar-refractivity contribution in [1.29, 1.82) is 0 Å². The average molecular weight is 274 g/mol. The molecular formula is C16H22N2O2. The van der Waals surface area contributed by atoms with Crippen LogP contribution in [0.25, 0.3) is 10.9 Å². The lowest BCUT2D eigenvalue weighted by atomic mass is 10.0. The van der Waals surface area contributed by atoms with Gasteiger partial charge in [-0.3, -0.25) is 4.79 Å². The van der Waals surface area contributed by atoms with Gasteiger partial charge in [-0.25, -0.2) is 0 Å². The molecule has 4 nitrogen and oxygen atoms in total. The van der Waals surface area contributed by atoms with Crippen LogP contribution in [-0.4, -0.2) is 28.6 Å². The molecule has 108 valence electrons. The van der Waals surface area contributed by atoms with E-state index in [1.165, 1.54) is 5.56 Å². The molecule has 2 atom stereocenters. The molecule has 1 amide bonds. The van der Waals surface area contributed by atoms with Gasteiger partial charge in [0.2, 0.25) is 0 Å². The summed E-state index contributed by atoms with van der Waals surface area (Å²) in [6.45, 7) is 7.86. The molecule has 20 heavy (non-hydrogen) atoms. The molecule has 1 aromatic carbocycles. The van der Waals surface area contributed by atoms with Gasteiger partial charge in [0.15, 0.2) is 0 Å². The zero-order valence-electron chi connectivity index (χ0n) is 12.4. The minimum absolute atomic E-state index is 0.0332. The maximum atomic E-state index is 12.3. The molecular weight excluding hydrogens is 252 g/mol. The predicted molar refractivity (Wildman–Crippen MR) is 81.0 cm³/mol. The van der Waals surface area contributed by atoms with Gasteiger partial charge in [-0.2, -0.15) is 0 Å². The number of aliphatic hydroxyl groups is 1. The highest BCUT2D eigenvalue weighted by Crippen LogP contribution is 2.23. The normalized spacial score (nSPS) is 14.2. The molecule has 3 N–H and O–H groups in total. The van der Waals surface area contributed by atoms with Gasteiger partial charge in [-0.15, -0.1) is 0 Å². The number of hydrogen-bond acceptors (Lipinski definition) is 2. The van der Waals surface area contributed by atoms with Crippen LogP contribution >= 0.6 is 0 Å². The second kappa shape index (κ2) is 5.67. The molecule has 1 aromatic heterocycles. The molecule has 0 aliphatic rings. The third-order valence-electron chi connectivity index (χ3n) is 3.94. The maximum absolute atomic E-state index is 12.3. The summed E-state index contributed by atoms with van der Waals surface area (Å²) in [5, 5.41) is 13.1. The number of aromatic amines is 1. The van der Waals surface area contributed by atoms with Crippen LogP contribution in [0.3, 0.4) is 0 Å². The summed E-state index contributed by atoms with van der Waals surface area (Å²) in [5.74, 6) is -0.0879. The van der Waals surface area contributed by atoms with Gasteiger partial charge in [0.1, 0.15) is 5.69 Å². The van der Waals surface area contributed by atoms with Crippen LogP contribution in [0.5, 0.6) is 0 Å². The summed E-state index contributed by atoms with van der Waals surface area (Å²) in [5.41, 5.74) is 3.71. The van der Waals surface area contributed by atoms with Crippen molar-refractivity contribution >= 4 is 16.8 Å². The second-order valence-corrected chi connectivity index (χ2v) is 5.60. The summed E-state index contributed by atoms with van der Waals surface area (Å²) < 4.78 is 0. The van der Waals surface area contributed by atoms with Crippen molar-refractivity contribution in [2.24, 2.45) is 5.92 Å². The van der Waals surface area contributed by atoms with Crippen LogP contribution in [0, 0.1) is 19.8 Å². The van der Waals surface area contributed by atoms with Gasteiger partial charge in [0.25, 0.3) is 5.91 Å². The molecule has 1 heterocycles. The Hall–Kier alpha value is -1.81. The van der Waals surface area contributed by atoms with Crippen molar-refractivity contribution < 1.29 is 9.90 Å². The van der Waals surface area contributed by atoms with E-state index in [2.05, 4.69) is 16.4 Å². The molecule has 0 radical (unpaired) electrons. The van der Waals surface area contributed by atoms with E-state index in [0.29, 0.717) is 5.69 Å². The summed E-state index contributed by atoms with van der Waals surface area (Å²) >= 11 is 0. The number of carbonyl (C=O) groups is 1. The number of benzene rings is 1. The fourth-order valence-corrected chi connectivity index (χ4v) is 2.25. The molecule has 0 bridgehead atoms. The SMILES string of the molecule is Cc1ccc2[nH]c(C(=O)NC(C)C(C)CO)c(C)c2c1. The number of H-pyrrole nitrogens is 1. The smallest absolute Gasteiger partial charge is 0.268 e. The first-order valence-corrected chi connectivity index (χ1v) is 6.94. The van der Waals surface area contributed by atoms with E-state index in [0.717, 1.165) is 16.5 Å². The summed E-state index contributed by atoms with van der Waals surface area (Å²) in [7, 11) is 0. The molecule has 0 aliphatic heterocycles. The number of nitrogens with one attached hydrogen (secondary N) is 2. The van der Waals surface area contributed by atoms with Gasteiger partial charge in [0.05, 0.1) is 0 Å². The number of hydrogen-bond donors (Lipinski definition) is 3. The van der Waals surface area contributed by atoms with E-state index in [9.17, 15) is 4.79 Å². The first kappa shape index (κ1) is 14.6. The van der Waals surface area contributed by atoms with E-state index in [4.69, 9.17) is 5.11 Å². The molecule has 0 spiro atoms. The Morgan fingerprint density at radius 2 is 2.05 bits per heavy atom. The van der Waals surface area contributed by atoms with Crippen LogP contribution in [0.15, 0.2) is 18.2 Å². The highest BCUT2D eigenvalue weighted by atomic mass is 16.3. The van der Waals surface area contributed by atoms with Crippen molar-refractivity contribution in [1.82, 2.24) is 10.3 Å². The highest BCUT2D eigenvalue weighted by molar-refractivity contribution is 6.01. The highest BCUT2D eigenvalue weighted by Gasteiger charge is 2.19. The van der Waals surface area contributed by atoms with Crippen LogP contribution in [0.2, 0.25) is 0 Å². The maximum Gasteiger partial charge on any atom is 0.268 e. The number of fused-ring (bicyclic) bond motifs is 1. The summed E-state index contributed by atoms with van der Waals surface area (Å²) in [4.78, 5) is 15.5. The number of rotatable bonds is 4. The van der Waals surface area contributed by atoms with E-state index in [1.807, 2.05) is 39.8 Å². The van der Waals surface area contributed by atoms with Gasteiger partial charge in [-0.1, -0.05) is 18.6 Å². The van der Waals surface area contributed by atoms with Gasteiger partial charge in [-0.05, 0) is 44.4 Å². The van der Waals surface area contributed by atoms with Gasteiger partial charge in [0, 0.05) is 23.6 Å². The molecule has 0 aliphatic carbocycles. The topological polar surface area (TPSA) is 65.1 Å². The first-order chi connectivity index (χ1) is 9.43. The van der Waals surface area contributed by atoms with Crippen LogP contribution in [-0.2, 0) is 0 Å². The monoisotopic (exact) mass is 274 g/mol. The number of carbonyl (C=O) groups excluding carboxylic acids is 1. The summed E-state index contributed by atoms with van der Waals surface area (Å²) in [6.07, 6.45) is 0. The fraction of sp³-hybridized carbons (Fsp3) is 0.438. The van der Waals surface area contributed by atoms with Gasteiger partial charge >= 0.3 is 0 Å². The third-order valence-corrected chi connectivity index (χ3v) is 3.94.